The number of hydrogen-bond donors (Lipinski definition) is 1. The molecule has 0 spiro atoms. The van der Waals surface area contributed by atoms with Crippen LogP contribution in [-0.2, 0) is 4.79 Å². The fourth-order valence-electron chi connectivity index (χ4n) is 2.49. The minimum atomic E-state index is -0.0806. The molecular formula is C14H17N3OS. The Kier molecular flexibility index (Phi) is 3.48. The third-order valence-electron chi connectivity index (χ3n) is 3.69. The van der Waals surface area contributed by atoms with Gasteiger partial charge in [-0.15, -0.1) is 0 Å². The fraction of sp³-hybridized carbons (Fsp3) is 0.429. The fourth-order valence-corrected chi connectivity index (χ4v) is 3.23. The van der Waals surface area contributed by atoms with Crippen molar-refractivity contribution in [3.63, 3.8) is 0 Å². The van der Waals surface area contributed by atoms with Crippen molar-refractivity contribution in [3.8, 4) is 0 Å². The third-order valence-corrected chi connectivity index (χ3v) is 4.51. The minimum Gasteiger partial charge on any atom is -0.308 e. The van der Waals surface area contributed by atoms with E-state index < -0.39 is 0 Å². The van der Waals surface area contributed by atoms with Gasteiger partial charge in [0.15, 0.2) is 5.82 Å². The maximum absolute atomic E-state index is 12.3. The Labute approximate surface area is 116 Å². The molecule has 2 aromatic rings. The average molecular weight is 275 g/mol. The summed E-state index contributed by atoms with van der Waals surface area (Å²) in [5, 5.41) is 3.98. The van der Waals surface area contributed by atoms with E-state index in [9.17, 15) is 4.79 Å². The van der Waals surface area contributed by atoms with Gasteiger partial charge in [0.1, 0.15) is 0 Å². The van der Waals surface area contributed by atoms with Crippen LogP contribution in [0.25, 0.3) is 10.1 Å². The summed E-state index contributed by atoms with van der Waals surface area (Å²) < 4.78 is 5.44. The smallest absolute Gasteiger partial charge is 0.242 e. The molecule has 1 unspecified atom stereocenters. The van der Waals surface area contributed by atoms with E-state index in [1.807, 2.05) is 31.2 Å². The molecule has 0 radical (unpaired) electrons. The number of anilines is 1. The van der Waals surface area contributed by atoms with Gasteiger partial charge < -0.3 is 5.32 Å². The van der Waals surface area contributed by atoms with Gasteiger partial charge in [-0.3, -0.25) is 9.69 Å². The number of rotatable bonds is 3. The van der Waals surface area contributed by atoms with Crippen LogP contribution in [0, 0.1) is 0 Å². The Morgan fingerprint density at radius 2 is 2.11 bits per heavy atom. The van der Waals surface area contributed by atoms with Gasteiger partial charge in [-0.2, -0.15) is 4.37 Å². The molecule has 0 aliphatic carbocycles. The first-order chi connectivity index (χ1) is 9.25. The van der Waals surface area contributed by atoms with Gasteiger partial charge >= 0.3 is 0 Å². The number of nitrogens with one attached hydrogen (secondary N) is 1. The van der Waals surface area contributed by atoms with Crippen molar-refractivity contribution in [2.75, 3.05) is 18.4 Å². The Morgan fingerprint density at radius 1 is 1.37 bits per heavy atom. The molecule has 4 nitrogen and oxygen atoms in total. The number of nitrogens with zero attached hydrogens (tertiary/aromatic N) is 2. The number of carbonyl (C=O) groups is 1. The molecule has 100 valence electrons. The van der Waals surface area contributed by atoms with E-state index in [2.05, 4.69) is 14.6 Å². The lowest BCUT2D eigenvalue weighted by molar-refractivity contribution is -0.120. The van der Waals surface area contributed by atoms with Gasteiger partial charge in [-0.05, 0) is 56.5 Å². The summed E-state index contributed by atoms with van der Waals surface area (Å²) in [4.78, 5) is 14.5. The summed E-state index contributed by atoms with van der Waals surface area (Å²) in [6, 6.07) is 7.89. The van der Waals surface area contributed by atoms with Gasteiger partial charge in [0, 0.05) is 5.39 Å². The number of hydrogen-bond acceptors (Lipinski definition) is 4. The first-order valence-corrected chi connectivity index (χ1v) is 7.42. The highest BCUT2D eigenvalue weighted by Crippen LogP contribution is 2.26. The maximum atomic E-state index is 12.3. The van der Waals surface area contributed by atoms with Crippen molar-refractivity contribution in [2.45, 2.75) is 25.8 Å². The second-order valence-corrected chi connectivity index (χ2v) is 5.74. The zero-order chi connectivity index (χ0) is 13.2. The quantitative estimate of drug-likeness (QED) is 0.936. The summed E-state index contributed by atoms with van der Waals surface area (Å²) in [6.07, 6.45) is 2.38. The van der Waals surface area contributed by atoms with Crippen LogP contribution >= 0.6 is 11.5 Å². The topological polar surface area (TPSA) is 45.2 Å². The molecule has 3 rings (SSSR count). The van der Waals surface area contributed by atoms with Crippen molar-refractivity contribution in [3.05, 3.63) is 24.3 Å². The van der Waals surface area contributed by atoms with E-state index in [4.69, 9.17) is 0 Å². The predicted molar refractivity (Wildman–Crippen MR) is 78.5 cm³/mol. The van der Waals surface area contributed by atoms with Crippen LogP contribution in [-0.4, -0.2) is 34.3 Å². The molecule has 1 aliphatic heterocycles. The van der Waals surface area contributed by atoms with Crippen molar-refractivity contribution < 1.29 is 4.79 Å². The van der Waals surface area contributed by atoms with Gasteiger partial charge in [0.2, 0.25) is 5.91 Å². The summed E-state index contributed by atoms with van der Waals surface area (Å²) in [5.74, 6) is 0.731. The van der Waals surface area contributed by atoms with Gasteiger partial charge in [0.05, 0.1) is 10.7 Å². The normalized spacial score (nSPS) is 17.7. The SMILES string of the molecule is CC(C(=O)Nc1nsc2ccccc12)N1CCCC1. The van der Waals surface area contributed by atoms with E-state index in [1.165, 1.54) is 24.4 Å². The zero-order valence-corrected chi connectivity index (χ0v) is 11.7. The predicted octanol–water partition coefficient (Wildman–Crippen LogP) is 2.72. The largest absolute Gasteiger partial charge is 0.308 e. The van der Waals surface area contributed by atoms with E-state index >= 15 is 0 Å². The molecule has 5 heteroatoms. The molecule has 19 heavy (non-hydrogen) atoms. The maximum Gasteiger partial charge on any atom is 0.242 e. The van der Waals surface area contributed by atoms with E-state index in [0.29, 0.717) is 5.82 Å². The minimum absolute atomic E-state index is 0.0398. The zero-order valence-electron chi connectivity index (χ0n) is 10.9. The highest BCUT2D eigenvalue weighted by molar-refractivity contribution is 7.13. The average Bonchev–Trinajstić information content (AvgIpc) is 3.08. The Balaban J connectivity index is 1.75. The number of carbonyl (C=O) groups excluding carboxylic acids is 1. The molecule has 1 saturated heterocycles. The molecule has 0 saturated carbocycles. The van der Waals surface area contributed by atoms with E-state index in [1.54, 1.807) is 0 Å². The van der Waals surface area contributed by atoms with Crippen LogP contribution in [0.5, 0.6) is 0 Å². The molecule has 1 fully saturated rings. The van der Waals surface area contributed by atoms with Crippen molar-refractivity contribution in [1.82, 2.24) is 9.27 Å². The second kappa shape index (κ2) is 5.27. The summed E-state index contributed by atoms with van der Waals surface area (Å²) >= 11 is 1.42. The molecule has 0 bridgehead atoms. The second-order valence-electron chi connectivity index (χ2n) is 4.94. The molecule has 1 aliphatic rings. The molecule has 1 atom stereocenters. The monoisotopic (exact) mass is 275 g/mol. The van der Waals surface area contributed by atoms with Crippen LogP contribution in [0.1, 0.15) is 19.8 Å². The Morgan fingerprint density at radius 3 is 2.89 bits per heavy atom. The number of aromatic nitrogens is 1. The van der Waals surface area contributed by atoms with Crippen molar-refractivity contribution in [2.24, 2.45) is 0 Å². The first kappa shape index (κ1) is 12.6. The Bertz CT molecular complexity index is 589. The van der Waals surface area contributed by atoms with Crippen molar-refractivity contribution >= 4 is 33.3 Å². The molecular weight excluding hydrogens is 258 g/mol. The summed E-state index contributed by atoms with van der Waals surface area (Å²) in [5.41, 5.74) is 0. The highest BCUT2D eigenvalue weighted by atomic mass is 32.1. The standard InChI is InChI=1S/C14H17N3OS/c1-10(17-8-4-5-9-17)14(18)15-13-11-6-2-3-7-12(11)19-16-13/h2-3,6-7,10H,4-5,8-9H2,1H3,(H,15,16,18). The van der Waals surface area contributed by atoms with Crippen molar-refractivity contribution in [1.29, 1.82) is 0 Å². The van der Waals surface area contributed by atoms with E-state index in [0.717, 1.165) is 23.2 Å². The number of likely N-dealkylation sites (tertiary alicyclic amines) is 1. The molecule has 2 heterocycles. The Hall–Kier alpha value is -1.46. The third kappa shape index (κ3) is 2.48. The number of amides is 1. The number of fused-ring (bicyclic) bond motifs is 1. The summed E-state index contributed by atoms with van der Waals surface area (Å²) in [7, 11) is 0. The van der Waals surface area contributed by atoms with Crippen LogP contribution in [0.4, 0.5) is 5.82 Å². The lowest BCUT2D eigenvalue weighted by Crippen LogP contribution is -2.40. The lowest BCUT2D eigenvalue weighted by atomic mass is 10.2. The first-order valence-electron chi connectivity index (χ1n) is 6.65. The van der Waals surface area contributed by atoms with Crippen LogP contribution in [0.2, 0.25) is 0 Å². The van der Waals surface area contributed by atoms with Gasteiger partial charge in [0.25, 0.3) is 0 Å². The molecule has 1 aromatic heterocycles. The molecule has 1 aromatic carbocycles. The number of benzene rings is 1. The van der Waals surface area contributed by atoms with Crippen LogP contribution < -0.4 is 5.32 Å². The highest BCUT2D eigenvalue weighted by Gasteiger charge is 2.24. The van der Waals surface area contributed by atoms with Crippen LogP contribution in [0.15, 0.2) is 24.3 Å². The lowest BCUT2D eigenvalue weighted by Gasteiger charge is -2.22. The van der Waals surface area contributed by atoms with Gasteiger partial charge in [-0.1, -0.05) is 12.1 Å². The van der Waals surface area contributed by atoms with Crippen LogP contribution in [0.3, 0.4) is 0 Å². The van der Waals surface area contributed by atoms with E-state index in [-0.39, 0.29) is 11.9 Å². The molecule has 1 amide bonds. The summed E-state index contributed by atoms with van der Waals surface area (Å²) in [6.45, 7) is 4.01. The molecule has 1 N–H and O–H groups in total. The van der Waals surface area contributed by atoms with Gasteiger partial charge in [-0.25, -0.2) is 0 Å².